The molecular formula is C17H12BrN3. The van der Waals surface area contributed by atoms with Crippen LogP contribution in [-0.2, 0) is 0 Å². The fourth-order valence-corrected chi connectivity index (χ4v) is 2.57. The molecule has 0 saturated heterocycles. The summed E-state index contributed by atoms with van der Waals surface area (Å²) < 4.78 is 2.90. The molecule has 102 valence electrons. The number of halogens is 1. The zero-order valence-electron chi connectivity index (χ0n) is 11.1. The zero-order chi connectivity index (χ0) is 14.8. The first-order chi connectivity index (χ1) is 10.2. The van der Waals surface area contributed by atoms with Gasteiger partial charge in [-0.25, -0.2) is 0 Å². The van der Waals surface area contributed by atoms with Crippen LogP contribution in [0.1, 0.15) is 5.56 Å². The van der Waals surface area contributed by atoms with E-state index in [1.807, 2.05) is 65.2 Å². The van der Waals surface area contributed by atoms with Crippen molar-refractivity contribution in [2.45, 2.75) is 0 Å². The molecule has 1 aromatic heterocycles. The van der Waals surface area contributed by atoms with Crippen LogP contribution in [0, 0.1) is 11.3 Å². The molecule has 0 atom stereocenters. The Labute approximate surface area is 131 Å². The number of nitrogens with two attached hydrogens (primary N) is 1. The Morgan fingerprint density at radius 2 is 1.67 bits per heavy atom. The standard InChI is InChI=1S/C17H12BrN3/c18-14-6-8-15(9-7-14)21-16(10-13(11-19)17(21)20)12-4-2-1-3-5-12/h1-10H,20H2. The summed E-state index contributed by atoms with van der Waals surface area (Å²) in [6.45, 7) is 0. The van der Waals surface area contributed by atoms with Gasteiger partial charge in [0.25, 0.3) is 0 Å². The first-order valence-corrected chi connectivity index (χ1v) is 7.22. The van der Waals surface area contributed by atoms with Gasteiger partial charge in [0.05, 0.1) is 11.3 Å². The molecule has 0 aliphatic carbocycles. The average Bonchev–Trinajstić information content (AvgIpc) is 2.86. The predicted octanol–water partition coefficient (Wildman–Crippen LogP) is 4.36. The van der Waals surface area contributed by atoms with Crippen LogP contribution in [0.15, 0.2) is 65.1 Å². The summed E-state index contributed by atoms with van der Waals surface area (Å²) in [5.74, 6) is 0.457. The predicted molar refractivity (Wildman–Crippen MR) is 88.0 cm³/mol. The lowest BCUT2D eigenvalue weighted by Crippen LogP contribution is -2.02. The maximum atomic E-state index is 9.24. The molecule has 0 radical (unpaired) electrons. The van der Waals surface area contributed by atoms with E-state index in [-0.39, 0.29) is 0 Å². The zero-order valence-corrected chi connectivity index (χ0v) is 12.7. The van der Waals surface area contributed by atoms with Crippen molar-refractivity contribution in [3.05, 3.63) is 70.7 Å². The molecule has 0 spiro atoms. The lowest BCUT2D eigenvalue weighted by atomic mass is 10.1. The van der Waals surface area contributed by atoms with Gasteiger partial charge in [-0.1, -0.05) is 46.3 Å². The number of hydrogen-bond donors (Lipinski definition) is 1. The van der Waals surface area contributed by atoms with E-state index in [0.29, 0.717) is 11.4 Å². The molecular weight excluding hydrogens is 326 g/mol. The van der Waals surface area contributed by atoms with Crippen molar-refractivity contribution < 1.29 is 0 Å². The Kier molecular flexibility index (Phi) is 3.51. The van der Waals surface area contributed by atoms with Crippen molar-refractivity contribution in [3.63, 3.8) is 0 Å². The molecule has 0 fully saturated rings. The van der Waals surface area contributed by atoms with E-state index in [1.165, 1.54) is 0 Å². The van der Waals surface area contributed by atoms with E-state index in [4.69, 9.17) is 5.73 Å². The van der Waals surface area contributed by atoms with Crippen LogP contribution in [0.3, 0.4) is 0 Å². The second-order valence-electron chi connectivity index (χ2n) is 4.62. The first-order valence-electron chi connectivity index (χ1n) is 6.43. The summed E-state index contributed by atoms with van der Waals surface area (Å²) in [6, 6.07) is 21.7. The second kappa shape index (κ2) is 5.47. The Bertz CT molecular complexity index is 812. The van der Waals surface area contributed by atoms with Gasteiger partial charge in [-0.05, 0) is 35.9 Å². The Morgan fingerprint density at radius 3 is 2.29 bits per heavy atom. The highest BCUT2D eigenvalue weighted by molar-refractivity contribution is 9.10. The molecule has 3 rings (SSSR count). The van der Waals surface area contributed by atoms with E-state index in [9.17, 15) is 5.26 Å². The Balaban J connectivity index is 2.26. The molecule has 2 aromatic carbocycles. The summed E-state index contributed by atoms with van der Waals surface area (Å²) in [5.41, 5.74) is 9.49. The average molecular weight is 338 g/mol. The van der Waals surface area contributed by atoms with Crippen LogP contribution in [0.2, 0.25) is 0 Å². The topological polar surface area (TPSA) is 54.7 Å². The van der Waals surface area contributed by atoms with Crippen LogP contribution in [0.5, 0.6) is 0 Å². The lowest BCUT2D eigenvalue weighted by molar-refractivity contribution is 1.10. The quantitative estimate of drug-likeness (QED) is 0.755. The van der Waals surface area contributed by atoms with Crippen molar-refractivity contribution in [2.24, 2.45) is 0 Å². The summed E-state index contributed by atoms with van der Waals surface area (Å²) >= 11 is 3.43. The van der Waals surface area contributed by atoms with Gasteiger partial charge in [-0.2, -0.15) is 5.26 Å². The van der Waals surface area contributed by atoms with Crippen LogP contribution in [-0.4, -0.2) is 4.57 Å². The third-order valence-corrected chi connectivity index (χ3v) is 3.84. The molecule has 0 bridgehead atoms. The highest BCUT2D eigenvalue weighted by atomic mass is 79.9. The number of nitriles is 1. The summed E-state index contributed by atoms with van der Waals surface area (Å²) in [7, 11) is 0. The van der Waals surface area contributed by atoms with Gasteiger partial charge >= 0.3 is 0 Å². The molecule has 0 aliphatic heterocycles. The van der Waals surface area contributed by atoms with Crippen molar-refractivity contribution in [3.8, 4) is 23.0 Å². The minimum Gasteiger partial charge on any atom is -0.384 e. The van der Waals surface area contributed by atoms with E-state index >= 15 is 0 Å². The van der Waals surface area contributed by atoms with E-state index in [1.54, 1.807) is 0 Å². The normalized spacial score (nSPS) is 10.3. The first kappa shape index (κ1) is 13.5. The monoisotopic (exact) mass is 337 g/mol. The third kappa shape index (κ3) is 2.44. The van der Waals surface area contributed by atoms with Crippen LogP contribution < -0.4 is 5.73 Å². The minimum atomic E-state index is 0.457. The number of benzene rings is 2. The fourth-order valence-electron chi connectivity index (χ4n) is 2.30. The summed E-state index contributed by atoms with van der Waals surface area (Å²) in [6.07, 6.45) is 0. The van der Waals surface area contributed by atoms with Gasteiger partial charge in [0, 0.05) is 10.2 Å². The smallest absolute Gasteiger partial charge is 0.126 e. The largest absolute Gasteiger partial charge is 0.384 e. The Hall–Kier alpha value is -2.51. The van der Waals surface area contributed by atoms with Crippen molar-refractivity contribution in [1.29, 1.82) is 5.26 Å². The number of anilines is 1. The van der Waals surface area contributed by atoms with E-state index in [0.717, 1.165) is 21.4 Å². The van der Waals surface area contributed by atoms with Gasteiger partial charge in [0.15, 0.2) is 0 Å². The summed E-state index contributed by atoms with van der Waals surface area (Å²) in [5, 5.41) is 9.24. The Morgan fingerprint density at radius 1 is 1.00 bits per heavy atom. The fraction of sp³-hybridized carbons (Fsp3) is 0. The maximum Gasteiger partial charge on any atom is 0.126 e. The maximum absolute atomic E-state index is 9.24. The minimum absolute atomic E-state index is 0.457. The van der Waals surface area contributed by atoms with Crippen molar-refractivity contribution >= 4 is 21.7 Å². The van der Waals surface area contributed by atoms with Gasteiger partial charge in [-0.15, -0.1) is 0 Å². The molecule has 1 heterocycles. The highest BCUT2D eigenvalue weighted by Crippen LogP contribution is 2.31. The molecule has 0 amide bonds. The molecule has 0 aliphatic rings. The number of nitrogens with zero attached hydrogens (tertiary/aromatic N) is 2. The molecule has 0 saturated carbocycles. The van der Waals surface area contributed by atoms with Crippen LogP contribution >= 0.6 is 15.9 Å². The van der Waals surface area contributed by atoms with E-state index in [2.05, 4.69) is 22.0 Å². The van der Waals surface area contributed by atoms with E-state index < -0.39 is 0 Å². The molecule has 3 nitrogen and oxygen atoms in total. The van der Waals surface area contributed by atoms with Gasteiger partial charge in [-0.3, -0.25) is 4.57 Å². The third-order valence-electron chi connectivity index (χ3n) is 3.31. The van der Waals surface area contributed by atoms with Crippen LogP contribution in [0.4, 0.5) is 5.82 Å². The molecule has 3 aromatic rings. The molecule has 4 heteroatoms. The lowest BCUT2D eigenvalue weighted by Gasteiger charge is -2.11. The van der Waals surface area contributed by atoms with Gasteiger partial charge in [0.2, 0.25) is 0 Å². The molecule has 21 heavy (non-hydrogen) atoms. The van der Waals surface area contributed by atoms with Crippen molar-refractivity contribution in [2.75, 3.05) is 5.73 Å². The SMILES string of the molecule is N#Cc1cc(-c2ccccc2)n(-c2ccc(Br)cc2)c1N. The number of rotatable bonds is 2. The van der Waals surface area contributed by atoms with Crippen LogP contribution in [0.25, 0.3) is 16.9 Å². The number of hydrogen-bond acceptors (Lipinski definition) is 2. The second-order valence-corrected chi connectivity index (χ2v) is 5.53. The number of aromatic nitrogens is 1. The summed E-state index contributed by atoms with van der Waals surface area (Å²) in [4.78, 5) is 0. The molecule has 2 N–H and O–H groups in total. The van der Waals surface area contributed by atoms with Gasteiger partial charge < -0.3 is 5.73 Å². The molecule has 0 unspecified atom stereocenters. The number of nitrogen functional groups attached to an aromatic ring is 1. The van der Waals surface area contributed by atoms with Gasteiger partial charge in [0.1, 0.15) is 11.9 Å². The van der Waals surface area contributed by atoms with Crippen molar-refractivity contribution in [1.82, 2.24) is 4.57 Å². The highest BCUT2D eigenvalue weighted by Gasteiger charge is 2.15.